The molecule has 0 amide bonds. The Labute approximate surface area is 92.9 Å². The lowest BCUT2D eigenvalue weighted by Crippen LogP contribution is -2.10. The minimum atomic E-state index is -4.49. The average molecular weight is 245 g/mol. The molecule has 17 heavy (non-hydrogen) atoms. The summed E-state index contributed by atoms with van der Waals surface area (Å²) in [5.41, 5.74) is -1.04. The molecule has 2 aromatic heterocycles. The number of nitrogens with zero attached hydrogens (tertiary/aromatic N) is 4. The van der Waals surface area contributed by atoms with Crippen LogP contribution < -0.4 is 5.32 Å². The van der Waals surface area contributed by atoms with E-state index in [0.29, 0.717) is 5.82 Å². The van der Waals surface area contributed by atoms with Crippen LogP contribution in [-0.4, -0.2) is 20.3 Å². The van der Waals surface area contributed by atoms with Gasteiger partial charge in [-0.1, -0.05) is 5.16 Å². The van der Waals surface area contributed by atoms with E-state index in [-0.39, 0.29) is 12.4 Å². The van der Waals surface area contributed by atoms with Crippen molar-refractivity contribution in [2.75, 3.05) is 5.32 Å². The third kappa shape index (κ3) is 2.89. The molecule has 0 radical (unpaired) electrons. The van der Waals surface area contributed by atoms with Gasteiger partial charge in [0.15, 0.2) is 11.5 Å². The van der Waals surface area contributed by atoms with Gasteiger partial charge < -0.3 is 9.84 Å². The molecular weight excluding hydrogens is 239 g/mol. The van der Waals surface area contributed by atoms with Crippen LogP contribution in [0.4, 0.5) is 19.0 Å². The maximum Gasteiger partial charge on any atom is 0.435 e. The van der Waals surface area contributed by atoms with Gasteiger partial charge in [0.05, 0.1) is 6.54 Å². The zero-order chi connectivity index (χ0) is 12.3. The quantitative estimate of drug-likeness (QED) is 0.882. The van der Waals surface area contributed by atoms with Gasteiger partial charge in [-0.25, -0.2) is 0 Å². The van der Waals surface area contributed by atoms with Crippen LogP contribution in [0, 0.1) is 0 Å². The molecule has 0 aromatic carbocycles. The van der Waals surface area contributed by atoms with E-state index in [1.54, 1.807) is 0 Å². The summed E-state index contributed by atoms with van der Waals surface area (Å²) in [7, 11) is 0. The molecule has 0 aliphatic heterocycles. The average Bonchev–Trinajstić information content (AvgIpc) is 2.78. The number of anilines is 1. The van der Waals surface area contributed by atoms with E-state index in [9.17, 15) is 13.2 Å². The van der Waals surface area contributed by atoms with Gasteiger partial charge >= 0.3 is 6.18 Å². The lowest BCUT2D eigenvalue weighted by atomic mass is 10.4. The Morgan fingerprint density at radius 3 is 2.59 bits per heavy atom. The third-order valence-corrected chi connectivity index (χ3v) is 1.79. The molecule has 2 heterocycles. The van der Waals surface area contributed by atoms with Crippen LogP contribution >= 0.6 is 0 Å². The lowest BCUT2D eigenvalue weighted by molar-refractivity contribution is -0.141. The second-order valence-electron chi connectivity index (χ2n) is 3.00. The smallest absolute Gasteiger partial charge is 0.361 e. The van der Waals surface area contributed by atoms with Crippen molar-refractivity contribution < 1.29 is 17.7 Å². The summed E-state index contributed by atoms with van der Waals surface area (Å²) in [6.45, 7) is 0.191. The van der Waals surface area contributed by atoms with Gasteiger partial charge in [0.2, 0.25) is 6.39 Å². The van der Waals surface area contributed by atoms with Crippen molar-refractivity contribution in [2.45, 2.75) is 12.7 Å². The zero-order valence-electron chi connectivity index (χ0n) is 8.27. The van der Waals surface area contributed by atoms with Crippen LogP contribution in [0.5, 0.6) is 0 Å². The Hall–Kier alpha value is -2.19. The van der Waals surface area contributed by atoms with Gasteiger partial charge in [0.25, 0.3) is 0 Å². The first-order valence-corrected chi connectivity index (χ1v) is 4.46. The molecule has 1 N–H and O–H groups in total. The standard InChI is InChI=1S/C8H6F3N5O/c9-8(10,11)5-1-2-6(15-14-5)12-3-7-13-4-17-16-7/h1-2,4H,3H2,(H,12,15). The number of aromatic nitrogens is 4. The van der Waals surface area contributed by atoms with Gasteiger partial charge in [0.1, 0.15) is 5.82 Å². The second-order valence-corrected chi connectivity index (χ2v) is 3.00. The highest BCUT2D eigenvalue weighted by atomic mass is 19.4. The van der Waals surface area contributed by atoms with Crippen molar-refractivity contribution in [1.82, 2.24) is 20.3 Å². The van der Waals surface area contributed by atoms with E-state index in [0.717, 1.165) is 12.5 Å². The van der Waals surface area contributed by atoms with Crippen molar-refractivity contribution in [3.8, 4) is 0 Å². The molecule has 0 spiro atoms. The SMILES string of the molecule is FC(F)(F)c1ccc(NCc2ncon2)nn1. The van der Waals surface area contributed by atoms with Gasteiger partial charge in [-0.15, -0.1) is 10.2 Å². The van der Waals surface area contributed by atoms with Gasteiger partial charge in [-0.3, -0.25) is 0 Å². The molecule has 0 fully saturated rings. The zero-order valence-corrected chi connectivity index (χ0v) is 8.27. The van der Waals surface area contributed by atoms with Crippen LogP contribution in [0.1, 0.15) is 11.5 Å². The van der Waals surface area contributed by atoms with E-state index in [4.69, 9.17) is 0 Å². The molecule has 0 saturated carbocycles. The van der Waals surface area contributed by atoms with E-state index in [2.05, 4.69) is 30.2 Å². The van der Waals surface area contributed by atoms with E-state index >= 15 is 0 Å². The summed E-state index contributed by atoms with van der Waals surface area (Å²) in [5.74, 6) is 0.564. The first-order valence-electron chi connectivity index (χ1n) is 4.46. The Kier molecular flexibility index (Phi) is 2.90. The maximum atomic E-state index is 12.2. The van der Waals surface area contributed by atoms with Crippen LogP contribution in [0.25, 0.3) is 0 Å². The number of rotatable bonds is 3. The fourth-order valence-corrected chi connectivity index (χ4v) is 1.02. The largest absolute Gasteiger partial charge is 0.435 e. The lowest BCUT2D eigenvalue weighted by Gasteiger charge is -2.05. The molecule has 0 aliphatic carbocycles. The fraction of sp³-hybridized carbons (Fsp3) is 0.250. The number of alkyl halides is 3. The predicted molar refractivity (Wildman–Crippen MR) is 48.7 cm³/mol. The highest BCUT2D eigenvalue weighted by Gasteiger charge is 2.32. The molecule has 0 unspecified atom stereocenters. The molecule has 0 aliphatic rings. The summed E-state index contributed by atoms with van der Waals surface area (Å²) in [5, 5.41) is 12.6. The minimum absolute atomic E-state index is 0.191. The van der Waals surface area contributed by atoms with Crippen LogP contribution in [0.2, 0.25) is 0 Å². The summed E-state index contributed by atoms with van der Waals surface area (Å²) in [4.78, 5) is 3.72. The highest BCUT2D eigenvalue weighted by Crippen LogP contribution is 2.26. The maximum absolute atomic E-state index is 12.2. The second kappa shape index (κ2) is 4.36. The van der Waals surface area contributed by atoms with Crippen molar-refractivity contribution in [2.24, 2.45) is 0 Å². The normalized spacial score (nSPS) is 11.5. The first-order chi connectivity index (χ1) is 8.05. The third-order valence-electron chi connectivity index (χ3n) is 1.79. The number of halogens is 3. The Balaban J connectivity index is 1.99. The number of nitrogens with one attached hydrogen (secondary N) is 1. The molecule has 6 nitrogen and oxygen atoms in total. The molecule has 0 saturated heterocycles. The molecule has 0 bridgehead atoms. The molecule has 2 rings (SSSR count). The fourth-order valence-electron chi connectivity index (χ4n) is 1.02. The Bertz CT molecular complexity index is 467. The molecule has 9 heteroatoms. The van der Waals surface area contributed by atoms with Gasteiger partial charge in [-0.2, -0.15) is 18.2 Å². The topological polar surface area (TPSA) is 76.7 Å². The molecule has 90 valence electrons. The minimum Gasteiger partial charge on any atom is -0.361 e. The summed E-state index contributed by atoms with van der Waals surface area (Å²) < 4.78 is 41.0. The van der Waals surface area contributed by atoms with Crippen molar-refractivity contribution >= 4 is 5.82 Å². The van der Waals surface area contributed by atoms with Crippen LogP contribution in [0.15, 0.2) is 23.0 Å². The molecule has 2 aromatic rings. The molecule has 0 atom stereocenters. The highest BCUT2D eigenvalue weighted by molar-refractivity contribution is 5.33. The van der Waals surface area contributed by atoms with Crippen molar-refractivity contribution in [3.05, 3.63) is 30.0 Å². The predicted octanol–water partition coefficient (Wildman–Crippen LogP) is 1.49. The van der Waals surface area contributed by atoms with Gasteiger partial charge in [0, 0.05) is 0 Å². The monoisotopic (exact) mass is 245 g/mol. The number of hydrogen-bond acceptors (Lipinski definition) is 6. The van der Waals surface area contributed by atoms with E-state index in [1.807, 2.05) is 0 Å². The van der Waals surface area contributed by atoms with E-state index in [1.165, 1.54) is 6.07 Å². The first kappa shape index (κ1) is 11.3. The van der Waals surface area contributed by atoms with E-state index < -0.39 is 11.9 Å². The summed E-state index contributed by atoms with van der Waals surface area (Å²) in [6.07, 6.45) is -3.34. The van der Waals surface area contributed by atoms with Gasteiger partial charge in [-0.05, 0) is 12.1 Å². The molecular formula is C8H6F3N5O. The van der Waals surface area contributed by atoms with Crippen LogP contribution in [-0.2, 0) is 12.7 Å². The van der Waals surface area contributed by atoms with Crippen molar-refractivity contribution in [3.63, 3.8) is 0 Å². The van der Waals surface area contributed by atoms with Crippen LogP contribution in [0.3, 0.4) is 0 Å². The number of hydrogen-bond donors (Lipinski definition) is 1. The summed E-state index contributed by atoms with van der Waals surface area (Å²) >= 11 is 0. The summed E-state index contributed by atoms with van der Waals surface area (Å²) in [6, 6.07) is 2.02. The Morgan fingerprint density at radius 2 is 2.06 bits per heavy atom. The van der Waals surface area contributed by atoms with Crippen molar-refractivity contribution in [1.29, 1.82) is 0 Å². The Morgan fingerprint density at radius 1 is 1.24 bits per heavy atom.